The third-order valence-electron chi connectivity index (χ3n) is 12.9. The molecule has 2 nitrogen and oxygen atoms in total. The molecule has 0 bridgehead atoms. The van der Waals surface area contributed by atoms with E-state index in [0.717, 1.165) is 22.7 Å². The minimum Gasteiger partial charge on any atom is -0.310 e. The van der Waals surface area contributed by atoms with Crippen LogP contribution in [-0.4, -0.2) is 12.6 Å². The summed E-state index contributed by atoms with van der Waals surface area (Å²) in [5.74, 6) is 0. The number of hydrogen-bond acceptors (Lipinski definition) is 2. The van der Waals surface area contributed by atoms with Crippen molar-refractivity contribution in [3.63, 3.8) is 0 Å². The summed E-state index contributed by atoms with van der Waals surface area (Å²) in [6, 6.07) is 94.2. The van der Waals surface area contributed by atoms with E-state index in [1.807, 2.05) is 11.3 Å². The second kappa shape index (κ2) is 15.9. The smallest absolute Gasteiger partial charge is 0.179 e. The number of anilines is 3. The lowest BCUT2D eigenvalue weighted by Crippen LogP contribution is -2.74. The maximum Gasteiger partial charge on any atom is 0.179 e. The molecule has 0 fully saturated rings. The van der Waals surface area contributed by atoms with Crippen LogP contribution in [0.4, 0.5) is 17.1 Å². The van der Waals surface area contributed by atoms with Gasteiger partial charge in [0.2, 0.25) is 0 Å². The fourth-order valence-electron chi connectivity index (χ4n) is 10.2. The van der Waals surface area contributed by atoms with Crippen molar-refractivity contribution in [2.45, 2.75) is 0 Å². The van der Waals surface area contributed by atoms with Crippen LogP contribution in [0, 0.1) is 0 Å². The zero-order valence-electron chi connectivity index (χ0n) is 35.1. The van der Waals surface area contributed by atoms with Gasteiger partial charge >= 0.3 is 0 Å². The number of thiophene rings is 1. The van der Waals surface area contributed by atoms with E-state index < -0.39 is 8.07 Å². The third-order valence-corrected chi connectivity index (χ3v) is 18.9. The Morgan fingerprint density at radius 1 is 0.344 bits per heavy atom. The molecular weight excluding hydrogens is 809 g/mol. The zero-order valence-corrected chi connectivity index (χ0v) is 36.9. The highest BCUT2D eigenvalue weighted by Crippen LogP contribution is 2.43. The Morgan fingerprint density at radius 2 is 0.859 bits per heavy atom. The summed E-state index contributed by atoms with van der Waals surface area (Å²) in [6.07, 6.45) is 0. The highest BCUT2D eigenvalue weighted by Gasteiger charge is 2.41. The number of rotatable bonds is 9. The molecule has 64 heavy (non-hydrogen) atoms. The van der Waals surface area contributed by atoms with Gasteiger partial charge in [-0.1, -0.05) is 182 Å². The van der Waals surface area contributed by atoms with Crippen LogP contribution in [0.25, 0.3) is 58.8 Å². The number of fused-ring (bicyclic) bond motifs is 6. The van der Waals surface area contributed by atoms with Gasteiger partial charge in [0, 0.05) is 53.7 Å². The van der Waals surface area contributed by atoms with Crippen LogP contribution in [0.1, 0.15) is 0 Å². The summed E-state index contributed by atoms with van der Waals surface area (Å²) in [7, 11) is -2.72. The molecule has 0 atom stereocenters. The van der Waals surface area contributed by atoms with Crippen molar-refractivity contribution in [2.75, 3.05) is 4.90 Å². The van der Waals surface area contributed by atoms with Gasteiger partial charge in [-0.05, 0) is 105 Å². The molecule has 10 aromatic carbocycles. The van der Waals surface area contributed by atoms with Gasteiger partial charge in [-0.3, -0.25) is 0 Å². The van der Waals surface area contributed by atoms with Gasteiger partial charge in [-0.15, -0.1) is 11.3 Å². The van der Waals surface area contributed by atoms with Crippen molar-refractivity contribution < 1.29 is 0 Å². The first kappa shape index (κ1) is 38.0. The first-order valence-corrected chi connectivity index (χ1v) is 24.7. The van der Waals surface area contributed by atoms with Crippen molar-refractivity contribution in [3.8, 4) is 16.8 Å². The molecule has 0 aliphatic rings. The van der Waals surface area contributed by atoms with Gasteiger partial charge < -0.3 is 9.47 Å². The van der Waals surface area contributed by atoms with Crippen LogP contribution in [0.5, 0.6) is 0 Å². The Bertz CT molecular complexity index is 3500. The fraction of sp³-hybridized carbons (Fsp3) is 0. The van der Waals surface area contributed by atoms with E-state index in [9.17, 15) is 0 Å². The van der Waals surface area contributed by atoms with E-state index in [4.69, 9.17) is 0 Å². The molecule has 12 aromatic rings. The SMILES string of the molecule is c1ccc(-n2c3ccccc3c3c(-c4cccc(N(c5ccc([Si](c6ccccc6)(c6ccccc6)c6ccccc6)cc5)c5ccc6sc7ccccc7c6c5)c4)cccc32)cc1. The van der Waals surface area contributed by atoms with E-state index >= 15 is 0 Å². The first-order chi connectivity index (χ1) is 31.8. The Balaban J connectivity index is 1.06. The van der Waals surface area contributed by atoms with Crippen LogP contribution in [0.15, 0.2) is 255 Å². The minimum absolute atomic E-state index is 1.10. The zero-order chi connectivity index (χ0) is 42.5. The molecule has 0 amide bonds. The Hall–Kier alpha value is -7.76. The van der Waals surface area contributed by atoms with E-state index in [-0.39, 0.29) is 0 Å². The monoisotopic (exact) mass is 850 g/mol. The molecular formula is C60H42N2SSi. The number of nitrogens with zero attached hydrogens (tertiary/aromatic N) is 2. The highest BCUT2D eigenvalue weighted by molar-refractivity contribution is 7.25. The van der Waals surface area contributed by atoms with Crippen molar-refractivity contribution in [1.82, 2.24) is 4.57 Å². The predicted octanol–water partition coefficient (Wildman–Crippen LogP) is 13.7. The highest BCUT2D eigenvalue weighted by atomic mass is 32.1. The van der Waals surface area contributed by atoms with E-state index in [0.29, 0.717) is 0 Å². The molecule has 2 aromatic heterocycles. The second-order valence-corrected chi connectivity index (χ2v) is 21.3. The number of para-hydroxylation sites is 2. The van der Waals surface area contributed by atoms with Crippen molar-refractivity contribution in [2.24, 2.45) is 0 Å². The molecule has 12 rings (SSSR count). The number of benzene rings is 10. The second-order valence-electron chi connectivity index (χ2n) is 16.4. The largest absolute Gasteiger partial charge is 0.310 e. The van der Waals surface area contributed by atoms with Crippen LogP contribution in [-0.2, 0) is 0 Å². The van der Waals surface area contributed by atoms with Crippen LogP contribution in [0.3, 0.4) is 0 Å². The predicted molar refractivity (Wildman–Crippen MR) is 277 cm³/mol. The number of hydrogen-bond donors (Lipinski definition) is 0. The lowest BCUT2D eigenvalue weighted by atomic mass is 9.98. The van der Waals surface area contributed by atoms with Gasteiger partial charge in [0.05, 0.1) is 11.0 Å². The van der Waals surface area contributed by atoms with Gasteiger partial charge in [0.1, 0.15) is 0 Å². The normalized spacial score (nSPS) is 11.8. The van der Waals surface area contributed by atoms with Gasteiger partial charge in [-0.2, -0.15) is 0 Å². The van der Waals surface area contributed by atoms with Crippen LogP contribution >= 0.6 is 11.3 Å². The average molecular weight is 851 g/mol. The molecule has 2 heterocycles. The van der Waals surface area contributed by atoms with Crippen LogP contribution < -0.4 is 25.6 Å². The molecule has 4 heteroatoms. The summed E-state index contributed by atoms with van der Waals surface area (Å²) in [5, 5.41) is 10.5. The van der Waals surface area contributed by atoms with Crippen LogP contribution in [0.2, 0.25) is 0 Å². The summed E-state index contributed by atoms with van der Waals surface area (Å²) < 4.78 is 5.00. The average Bonchev–Trinajstić information content (AvgIpc) is 3.92. The lowest BCUT2D eigenvalue weighted by Gasteiger charge is -2.35. The van der Waals surface area contributed by atoms with E-state index in [2.05, 4.69) is 264 Å². The van der Waals surface area contributed by atoms with Crippen molar-refractivity contribution >= 4 is 99.2 Å². The summed E-state index contributed by atoms with van der Waals surface area (Å²) >= 11 is 1.86. The molecule has 0 radical (unpaired) electrons. The minimum atomic E-state index is -2.72. The standard InChI is InChI=1S/C60H42N2SSi/c1-5-20-44(21-6-1)62-56-32-15-13-30-54(56)60-52(31-18-33-57(60)62)43-19-17-22-46(41-43)61(47-37-40-59-55(42-47)53-29-14-16-34-58(53)63-59)45-35-38-51(39-36-45)64(48-23-7-2-8-24-48,49-25-9-3-10-26-49)50-27-11-4-12-28-50/h1-42H. The molecule has 0 aliphatic carbocycles. The van der Waals surface area contributed by atoms with Crippen molar-refractivity contribution in [1.29, 1.82) is 0 Å². The van der Waals surface area contributed by atoms with Gasteiger partial charge in [0.25, 0.3) is 0 Å². The maximum absolute atomic E-state index is 2.72. The molecule has 0 N–H and O–H groups in total. The Morgan fingerprint density at radius 3 is 1.55 bits per heavy atom. The third kappa shape index (κ3) is 6.22. The molecule has 0 unspecified atom stereocenters. The van der Waals surface area contributed by atoms with E-state index in [1.165, 1.54) is 73.9 Å². The van der Waals surface area contributed by atoms with Gasteiger partial charge in [-0.25, -0.2) is 0 Å². The Labute approximate surface area is 378 Å². The molecule has 0 saturated carbocycles. The first-order valence-electron chi connectivity index (χ1n) is 21.9. The lowest BCUT2D eigenvalue weighted by molar-refractivity contribution is 1.18. The van der Waals surface area contributed by atoms with Crippen molar-refractivity contribution in [3.05, 3.63) is 255 Å². The summed E-state index contributed by atoms with van der Waals surface area (Å²) in [6.45, 7) is 0. The molecule has 302 valence electrons. The molecule has 0 spiro atoms. The maximum atomic E-state index is 2.45. The van der Waals surface area contributed by atoms with E-state index in [1.54, 1.807) is 0 Å². The number of aromatic nitrogens is 1. The molecule has 0 aliphatic heterocycles. The summed E-state index contributed by atoms with van der Waals surface area (Å²) in [5.41, 5.74) is 9.27. The van der Waals surface area contributed by atoms with Gasteiger partial charge in [0.15, 0.2) is 8.07 Å². The summed E-state index contributed by atoms with van der Waals surface area (Å²) in [4.78, 5) is 2.45. The fourth-order valence-corrected chi connectivity index (χ4v) is 16.0. The quantitative estimate of drug-likeness (QED) is 0.104. The Kier molecular flexibility index (Phi) is 9.40. The topological polar surface area (TPSA) is 8.17 Å². The molecule has 0 saturated heterocycles.